The number of imide groups is 1. The molecule has 19 heavy (non-hydrogen) atoms. The largest absolute Gasteiger partial charge is 0.276 e. The molecule has 1 aliphatic heterocycles. The number of carbonyl (C=O) groups is 2. The Hall–Kier alpha value is -1.17. The monoisotopic (exact) mass is 325 g/mol. The summed E-state index contributed by atoms with van der Waals surface area (Å²) in [5.74, 6) is -0.0857. The van der Waals surface area contributed by atoms with Crippen molar-refractivity contribution in [2.45, 2.75) is 39.8 Å². The maximum Gasteiger partial charge on any atom is 0.233 e. The number of carbonyl (C=O) groups excluding carboxylic acids is 2. The van der Waals surface area contributed by atoms with Crippen LogP contribution in [0.3, 0.4) is 0 Å². The van der Waals surface area contributed by atoms with Crippen LogP contribution in [0.4, 0.5) is 0 Å². The first-order chi connectivity index (χ1) is 9.08. The summed E-state index contributed by atoms with van der Waals surface area (Å²) in [7, 11) is 0. The van der Waals surface area contributed by atoms with Gasteiger partial charge >= 0.3 is 0 Å². The van der Waals surface area contributed by atoms with Gasteiger partial charge in [-0.25, -0.2) is 0 Å². The van der Waals surface area contributed by atoms with Gasteiger partial charge in [0.15, 0.2) is 0 Å². The molecule has 2 amide bonds. The van der Waals surface area contributed by atoms with E-state index in [1.165, 1.54) is 4.90 Å². The molecule has 1 saturated carbocycles. The Morgan fingerprint density at radius 1 is 1.26 bits per heavy atom. The molecule has 2 fully saturated rings. The van der Waals surface area contributed by atoms with Crippen molar-refractivity contribution in [2.24, 2.45) is 11.8 Å². The Morgan fingerprint density at radius 2 is 1.89 bits per heavy atom. The van der Waals surface area contributed by atoms with Crippen LogP contribution in [0.2, 0.25) is 0 Å². The highest BCUT2D eigenvalue weighted by atomic mass is 79.9. The van der Waals surface area contributed by atoms with Crippen molar-refractivity contribution in [1.29, 1.82) is 0 Å². The molecule has 2 aliphatic rings. The first-order valence-corrected chi connectivity index (χ1v) is 7.47. The first kappa shape index (κ1) is 12.8. The van der Waals surface area contributed by atoms with E-state index >= 15 is 0 Å². The second-order valence-corrected chi connectivity index (χ2v) is 5.88. The molecule has 102 valence electrons. The molecule has 6 heteroatoms. The number of aryl methyl sites for hydroxylation is 2. The van der Waals surface area contributed by atoms with Crippen LogP contribution < -0.4 is 0 Å². The summed E-state index contributed by atoms with van der Waals surface area (Å²) < 4.78 is 2.80. The molecule has 1 aromatic rings. The third-order valence-corrected chi connectivity index (χ3v) is 4.87. The fourth-order valence-corrected chi connectivity index (χ4v) is 3.41. The van der Waals surface area contributed by atoms with Crippen LogP contribution in [0.25, 0.3) is 0 Å². The number of nitrogens with zero attached hydrogens (tertiary/aromatic N) is 3. The summed E-state index contributed by atoms with van der Waals surface area (Å²) in [5.41, 5.74) is 1.89. The van der Waals surface area contributed by atoms with Crippen LogP contribution in [-0.4, -0.2) is 26.5 Å². The molecule has 1 saturated heterocycles. The highest BCUT2D eigenvalue weighted by molar-refractivity contribution is 9.10. The van der Waals surface area contributed by atoms with Crippen LogP contribution >= 0.6 is 15.9 Å². The zero-order valence-corrected chi connectivity index (χ0v) is 12.6. The van der Waals surface area contributed by atoms with E-state index in [2.05, 4.69) is 21.0 Å². The van der Waals surface area contributed by atoms with Crippen molar-refractivity contribution in [2.75, 3.05) is 0 Å². The quantitative estimate of drug-likeness (QED) is 0.792. The number of aromatic nitrogens is 2. The van der Waals surface area contributed by atoms with Crippen molar-refractivity contribution in [3.63, 3.8) is 0 Å². The maximum atomic E-state index is 12.0. The van der Waals surface area contributed by atoms with Crippen molar-refractivity contribution in [3.05, 3.63) is 15.9 Å². The minimum absolute atomic E-state index is 0.0104. The SMILES string of the molecule is CCc1nn(CC)c(CN2C(=O)C3CC3C2=O)c1Br. The molecule has 0 N–H and O–H groups in total. The zero-order valence-electron chi connectivity index (χ0n) is 11.0. The highest BCUT2D eigenvalue weighted by Crippen LogP contribution is 2.47. The molecule has 0 radical (unpaired) electrons. The van der Waals surface area contributed by atoms with Gasteiger partial charge in [0.25, 0.3) is 0 Å². The molecule has 1 aliphatic carbocycles. The number of rotatable bonds is 4. The predicted molar refractivity (Wildman–Crippen MR) is 72.1 cm³/mol. The van der Waals surface area contributed by atoms with Crippen molar-refractivity contribution >= 4 is 27.7 Å². The number of fused-ring (bicyclic) bond motifs is 1. The lowest BCUT2D eigenvalue weighted by atomic mass is 10.3. The third kappa shape index (κ3) is 1.84. The van der Waals surface area contributed by atoms with Crippen LogP contribution in [0.1, 0.15) is 31.7 Å². The topological polar surface area (TPSA) is 55.2 Å². The van der Waals surface area contributed by atoms with Gasteiger partial charge < -0.3 is 0 Å². The molecule has 0 spiro atoms. The van der Waals surface area contributed by atoms with E-state index in [9.17, 15) is 9.59 Å². The van der Waals surface area contributed by atoms with Gasteiger partial charge in [-0.3, -0.25) is 19.2 Å². The van der Waals surface area contributed by atoms with Crippen LogP contribution in [-0.2, 0) is 29.1 Å². The van der Waals surface area contributed by atoms with E-state index in [1.807, 2.05) is 18.5 Å². The normalized spacial score (nSPS) is 25.1. The van der Waals surface area contributed by atoms with Gasteiger partial charge in [0.1, 0.15) is 0 Å². The Labute approximate surface area is 120 Å². The number of hydrogen-bond acceptors (Lipinski definition) is 3. The molecule has 0 bridgehead atoms. The number of halogens is 1. The van der Waals surface area contributed by atoms with Gasteiger partial charge in [-0.2, -0.15) is 5.10 Å². The lowest BCUT2D eigenvalue weighted by Gasteiger charge is -2.17. The summed E-state index contributed by atoms with van der Waals surface area (Å²) in [6.45, 7) is 5.12. The Balaban J connectivity index is 1.89. The molecule has 2 heterocycles. The number of hydrogen-bond donors (Lipinski definition) is 0. The summed E-state index contributed by atoms with van der Waals surface area (Å²) in [4.78, 5) is 25.4. The van der Waals surface area contributed by atoms with E-state index in [0.29, 0.717) is 6.54 Å². The van der Waals surface area contributed by atoms with Gasteiger partial charge in [0.05, 0.1) is 34.2 Å². The summed E-state index contributed by atoms with van der Waals surface area (Å²) in [6.07, 6.45) is 1.58. The van der Waals surface area contributed by atoms with Crippen LogP contribution in [0, 0.1) is 11.8 Å². The van der Waals surface area contributed by atoms with E-state index in [4.69, 9.17) is 0 Å². The molecule has 2 atom stereocenters. The molecule has 5 nitrogen and oxygen atoms in total. The second-order valence-electron chi connectivity index (χ2n) is 5.09. The van der Waals surface area contributed by atoms with E-state index in [0.717, 1.165) is 35.2 Å². The minimum atomic E-state index is -0.0325. The van der Waals surface area contributed by atoms with Gasteiger partial charge in [0.2, 0.25) is 11.8 Å². The fourth-order valence-electron chi connectivity index (χ4n) is 2.72. The van der Waals surface area contributed by atoms with Gasteiger partial charge in [-0.05, 0) is 35.7 Å². The van der Waals surface area contributed by atoms with E-state index in [-0.39, 0.29) is 23.7 Å². The minimum Gasteiger partial charge on any atom is -0.276 e. The van der Waals surface area contributed by atoms with Gasteiger partial charge in [-0.15, -0.1) is 0 Å². The van der Waals surface area contributed by atoms with E-state index in [1.54, 1.807) is 0 Å². The van der Waals surface area contributed by atoms with Crippen molar-refractivity contribution < 1.29 is 9.59 Å². The average molecular weight is 326 g/mol. The lowest BCUT2D eigenvalue weighted by molar-refractivity contribution is -0.142. The zero-order chi connectivity index (χ0) is 13.7. The second kappa shape index (κ2) is 4.44. The number of likely N-dealkylation sites (tertiary alicyclic amines) is 1. The summed E-state index contributed by atoms with van der Waals surface area (Å²) in [5, 5.41) is 4.49. The van der Waals surface area contributed by atoms with Gasteiger partial charge in [-0.1, -0.05) is 6.92 Å². The Kier molecular flexibility index (Phi) is 3.00. The third-order valence-electron chi connectivity index (χ3n) is 3.96. The molecule has 1 aromatic heterocycles. The predicted octanol–water partition coefficient (Wildman–Crippen LogP) is 1.73. The van der Waals surface area contributed by atoms with Crippen molar-refractivity contribution in [1.82, 2.24) is 14.7 Å². The fraction of sp³-hybridized carbons (Fsp3) is 0.615. The lowest BCUT2D eigenvalue weighted by Crippen LogP contribution is -2.33. The Morgan fingerprint density at radius 3 is 2.42 bits per heavy atom. The summed E-state index contributed by atoms with van der Waals surface area (Å²) in [6, 6.07) is 0. The smallest absolute Gasteiger partial charge is 0.233 e. The molecule has 2 unspecified atom stereocenters. The maximum absolute atomic E-state index is 12.0. The molecule has 3 rings (SSSR count). The van der Waals surface area contributed by atoms with E-state index < -0.39 is 0 Å². The number of piperidine rings is 1. The summed E-state index contributed by atoms with van der Waals surface area (Å²) >= 11 is 3.54. The first-order valence-electron chi connectivity index (χ1n) is 6.67. The molecular weight excluding hydrogens is 310 g/mol. The van der Waals surface area contributed by atoms with Gasteiger partial charge in [0, 0.05) is 6.54 Å². The van der Waals surface area contributed by atoms with Crippen LogP contribution in [0.15, 0.2) is 4.47 Å². The molecule has 0 aromatic carbocycles. The highest BCUT2D eigenvalue weighted by Gasteiger charge is 2.58. The Bertz CT molecular complexity index is 546. The molecular formula is C13H16BrN3O2. The van der Waals surface area contributed by atoms with Crippen LogP contribution in [0.5, 0.6) is 0 Å². The standard InChI is InChI=1S/C13H16BrN3O2/c1-3-9-11(14)10(17(4-2)15-9)6-16-12(18)7-5-8(7)13(16)19/h7-8H,3-6H2,1-2H3. The number of amides is 2. The average Bonchev–Trinajstić information content (AvgIpc) is 3.10. The van der Waals surface area contributed by atoms with Crippen molar-refractivity contribution in [3.8, 4) is 0 Å².